The fourth-order valence-electron chi connectivity index (χ4n) is 2.93. The normalized spacial score (nSPS) is 15.9. The van der Waals surface area contributed by atoms with Crippen molar-refractivity contribution < 1.29 is 9.53 Å². The lowest BCUT2D eigenvalue weighted by atomic mass is 10.2. The number of anilines is 1. The number of nitrogens with one attached hydrogen (secondary N) is 2. The van der Waals surface area contributed by atoms with Gasteiger partial charge in [0.2, 0.25) is 0 Å². The molecule has 6 nitrogen and oxygen atoms in total. The zero-order chi connectivity index (χ0) is 16.9. The number of ether oxygens (including phenoxy) is 1. The molecule has 0 saturated heterocycles. The van der Waals surface area contributed by atoms with Crippen molar-refractivity contribution in [1.29, 1.82) is 0 Å². The lowest BCUT2D eigenvalue weighted by Gasteiger charge is -2.15. The highest BCUT2D eigenvalue weighted by molar-refractivity contribution is 5.89. The average Bonchev–Trinajstić information content (AvgIpc) is 3.21. The number of nitrogens with zero attached hydrogens (tertiary/aromatic N) is 2. The highest BCUT2D eigenvalue weighted by Gasteiger charge is 2.16. The number of carbonyl (C=O) groups is 1. The second-order valence-corrected chi connectivity index (χ2v) is 6.32. The molecule has 3 rings (SSSR count). The first-order chi connectivity index (χ1) is 11.6. The number of urea groups is 1. The third-order valence-electron chi connectivity index (χ3n) is 4.29. The van der Waals surface area contributed by atoms with Crippen LogP contribution < -0.4 is 15.4 Å². The monoisotopic (exact) mass is 328 g/mol. The summed E-state index contributed by atoms with van der Waals surface area (Å²) in [5.41, 5.74) is 1.71. The van der Waals surface area contributed by atoms with E-state index in [-0.39, 0.29) is 12.1 Å². The molecule has 2 amide bonds. The molecule has 0 spiro atoms. The molecule has 6 heteroatoms. The Hall–Kier alpha value is -2.50. The Morgan fingerprint density at radius 2 is 2.00 bits per heavy atom. The van der Waals surface area contributed by atoms with Gasteiger partial charge < -0.3 is 15.4 Å². The summed E-state index contributed by atoms with van der Waals surface area (Å²) in [6, 6.07) is 7.17. The molecule has 1 aromatic carbocycles. The maximum Gasteiger partial charge on any atom is 0.319 e. The lowest BCUT2D eigenvalue weighted by Crippen LogP contribution is -2.31. The van der Waals surface area contributed by atoms with E-state index in [9.17, 15) is 4.79 Å². The molecule has 0 bridgehead atoms. The standard InChI is InChI=1S/C18H24N4O2/c1-13(14-11-19-22(2)12-14)20-18(23)21-15-7-9-17(10-8-15)24-16-5-3-4-6-16/h7-13,16H,3-6H2,1-2H3,(H2,20,21,23)/t13-/m1/s1. The minimum Gasteiger partial charge on any atom is -0.490 e. The molecule has 1 atom stereocenters. The van der Waals surface area contributed by atoms with Crippen LogP contribution in [0.15, 0.2) is 36.7 Å². The van der Waals surface area contributed by atoms with Crippen molar-refractivity contribution in [2.24, 2.45) is 7.05 Å². The quantitative estimate of drug-likeness (QED) is 0.881. The van der Waals surface area contributed by atoms with Crippen molar-refractivity contribution >= 4 is 11.7 Å². The van der Waals surface area contributed by atoms with Crippen LogP contribution >= 0.6 is 0 Å². The van der Waals surface area contributed by atoms with Crippen molar-refractivity contribution in [3.8, 4) is 5.75 Å². The van der Waals surface area contributed by atoms with Crippen LogP contribution in [0.4, 0.5) is 10.5 Å². The largest absolute Gasteiger partial charge is 0.490 e. The molecule has 1 fully saturated rings. The van der Waals surface area contributed by atoms with Gasteiger partial charge in [0.25, 0.3) is 0 Å². The van der Waals surface area contributed by atoms with E-state index in [1.807, 2.05) is 44.4 Å². The van der Waals surface area contributed by atoms with Gasteiger partial charge in [0.1, 0.15) is 5.75 Å². The molecule has 0 radical (unpaired) electrons. The van der Waals surface area contributed by atoms with E-state index in [0.717, 1.165) is 29.8 Å². The zero-order valence-electron chi connectivity index (χ0n) is 14.2. The Balaban J connectivity index is 1.50. The highest BCUT2D eigenvalue weighted by atomic mass is 16.5. The summed E-state index contributed by atoms with van der Waals surface area (Å²) >= 11 is 0. The van der Waals surface area contributed by atoms with Crippen LogP contribution in [0.1, 0.15) is 44.2 Å². The molecule has 2 N–H and O–H groups in total. The van der Waals surface area contributed by atoms with Crippen molar-refractivity contribution in [2.45, 2.75) is 44.8 Å². The fraction of sp³-hybridized carbons (Fsp3) is 0.444. The summed E-state index contributed by atoms with van der Waals surface area (Å²) in [5, 5.41) is 9.85. The first-order valence-electron chi connectivity index (χ1n) is 8.43. The molecular weight excluding hydrogens is 304 g/mol. The second-order valence-electron chi connectivity index (χ2n) is 6.32. The van der Waals surface area contributed by atoms with Gasteiger partial charge in [-0.1, -0.05) is 0 Å². The van der Waals surface area contributed by atoms with Gasteiger partial charge in [-0.3, -0.25) is 4.68 Å². The van der Waals surface area contributed by atoms with Gasteiger partial charge in [-0.2, -0.15) is 5.10 Å². The number of aryl methyl sites for hydroxylation is 1. The van der Waals surface area contributed by atoms with Crippen LogP contribution in [0, 0.1) is 0 Å². The molecule has 1 aliphatic rings. The van der Waals surface area contributed by atoms with Crippen molar-refractivity contribution in [3.05, 3.63) is 42.2 Å². The van der Waals surface area contributed by atoms with Gasteiger partial charge in [0, 0.05) is 24.5 Å². The van der Waals surface area contributed by atoms with Crippen molar-refractivity contribution in [1.82, 2.24) is 15.1 Å². The van der Waals surface area contributed by atoms with Gasteiger partial charge in [0.15, 0.2) is 0 Å². The van der Waals surface area contributed by atoms with Crippen LogP contribution in [0.25, 0.3) is 0 Å². The Morgan fingerprint density at radius 1 is 1.29 bits per heavy atom. The minimum absolute atomic E-state index is 0.108. The van der Waals surface area contributed by atoms with Gasteiger partial charge in [0.05, 0.1) is 18.3 Å². The van der Waals surface area contributed by atoms with Gasteiger partial charge >= 0.3 is 6.03 Å². The molecule has 2 aromatic rings. The van der Waals surface area contributed by atoms with E-state index in [1.165, 1.54) is 12.8 Å². The molecule has 1 saturated carbocycles. The Labute approximate surface area is 142 Å². The number of hydrogen-bond donors (Lipinski definition) is 2. The van der Waals surface area contributed by atoms with E-state index in [4.69, 9.17) is 4.74 Å². The van der Waals surface area contributed by atoms with E-state index >= 15 is 0 Å². The van der Waals surface area contributed by atoms with E-state index in [0.29, 0.717) is 6.10 Å². The molecular formula is C18H24N4O2. The lowest BCUT2D eigenvalue weighted by molar-refractivity contribution is 0.210. The number of benzene rings is 1. The third-order valence-corrected chi connectivity index (χ3v) is 4.29. The minimum atomic E-state index is -0.240. The SMILES string of the molecule is C[C@@H](NC(=O)Nc1ccc(OC2CCCC2)cc1)c1cnn(C)c1. The molecule has 1 aromatic heterocycles. The maximum absolute atomic E-state index is 12.1. The number of hydrogen-bond acceptors (Lipinski definition) is 3. The first-order valence-corrected chi connectivity index (χ1v) is 8.43. The number of carbonyl (C=O) groups excluding carboxylic acids is 1. The number of aromatic nitrogens is 2. The van der Waals surface area contributed by atoms with Crippen LogP contribution in [-0.4, -0.2) is 21.9 Å². The number of rotatable bonds is 5. The van der Waals surface area contributed by atoms with Gasteiger partial charge in [-0.15, -0.1) is 0 Å². The molecule has 1 heterocycles. The molecule has 24 heavy (non-hydrogen) atoms. The predicted molar refractivity (Wildman–Crippen MR) is 93.1 cm³/mol. The second kappa shape index (κ2) is 7.38. The summed E-state index contributed by atoms with van der Waals surface area (Å²) in [6.45, 7) is 1.93. The molecule has 0 unspecified atom stereocenters. The van der Waals surface area contributed by atoms with Crippen molar-refractivity contribution in [3.63, 3.8) is 0 Å². The first kappa shape index (κ1) is 16.4. The highest BCUT2D eigenvalue weighted by Crippen LogP contribution is 2.25. The van der Waals surface area contributed by atoms with E-state index in [1.54, 1.807) is 10.9 Å². The summed E-state index contributed by atoms with van der Waals surface area (Å²) in [5.74, 6) is 0.858. The fourth-order valence-corrected chi connectivity index (χ4v) is 2.93. The van der Waals surface area contributed by atoms with Gasteiger partial charge in [-0.25, -0.2) is 4.79 Å². The summed E-state index contributed by atoms with van der Waals surface area (Å²) in [6.07, 6.45) is 8.75. The summed E-state index contributed by atoms with van der Waals surface area (Å²) in [7, 11) is 1.85. The molecule has 128 valence electrons. The maximum atomic E-state index is 12.1. The summed E-state index contributed by atoms with van der Waals surface area (Å²) < 4.78 is 7.64. The Kier molecular flexibility index (Phi) is 5.03. The van der Waals surface area contributed by atoms with Crippen LogP contribution in [-0.2, 0) is 7.05 Å². The Bertz CT molecular complexity index is 675. The molecule has 1 aliphatic carbocycles. The van der Waals surface area contributed by atoms with Crippen molar-refractivity contribution in [2.75, 3.05) is 5.32 Å². The van der Waals surface area contributed by atoms with E-state index < -0.39 is 0 Å². The predicted octanol–water partition coefficient (Wildman–Crippen LogP) is 3.62. The Morgan fingerprint density at radius 3 is 2.62 bits per heavy atom. The van der Waals surface area contributed by atoms with Crippen LogP contribution in [0.3, 0.4) is 0 Å². The number of amides is 2. The van der Waals surface area contributed by atoms with Crippen LogP contribution in [0.2, 0.25) is 0 Å². The van der Waals surface area contributed by atoms with Gasteiger partial charge in [-0.05, 0) is 56.9 Å². The summed E-state index contributed by atoms with van der Waals surface area (Å²) in [4.78, 5) is 12.1. The third kappa shape index (κ3) is 4.28. The average molecular weight is 328 g/mol. The van der Waals surface area contributed by atoms with Crippen LogP contribution in [0.5, 0.6) is 5.75 Å². The zero-order valence-corrected chi connectivity index (χ0v) is 14.2. The topological polar surface area (TPSA) is 68.2 Å². The molecule has 0 aliphatic heterocycles. The smallest absolute Gasteiger partial charge is 0.319 e. The van der Waals surface area contributed by atoms with E-state index in [2.05, 4.69) is 15.7 Å².